The maximum atomic E-state index is 12.0. The van der Waals surface area contributed by atoms with Gasteiger partial charge < -0.3 is 13.9 Å². The fourth-order valence-corrected chi connectivity index (χ4v) is 3.10. The van der Waals surface area contributed by atoms with Crippen LogP contribution in [0.15, 0.2) is 48.5 Å². The van der Waals surface area contributed by atoms with Gasteiger partial charge in [-0.2, -0.15) is 0 Å². The predicted molar refractivity (Wildman–Crippen MR) is 111 cm³/mol. The molecule has 1 amide bonds. The smallest absolute Gasteiger partial charge is 0.417 e. The van der Waals surface area contributed by atoms with Crippen LogP contribution in [0.4, 0.5) is 10.5 Å². The average molecular weight is 388 g/mol. The first-order valence-corrected chi connectivity index (χ1v) is 11.9. The van der Waals surface area contributed by atoms with E-state index in [0.717, 1.165) is 5.56 Å². The van der Waals surface area contributed by atoms with Gasteiger partial charge in [-0.05, 0) is 36.3 Å². The lowest BCUT2D eigenvalue weighted by molar-refractivity contribution is 0.215. The highest BCUT2D eigenvalue weighted by atomic mass is 28.4. The molecule has 146 valence electrons. The van der Waals surface area contributed by atoms with E-state index in [1.165, 1.54) is 0 Å². The number of amides is 1. The van der Waals surface area contributed by atoms with Crippen molar-refractivity contribution in [1.29, 1.82) is 0 Å². The summed E-state index contributed by atoms with van der Waals surface area (Å²) in [7, 11) is -0.243. The first kappa shape index (κ1) is 21.0. The zero-order valence-corrected chi connectivity index (χ0v) is 18.0. The van der Waals surface area contributed by atoms with Crippen LogP contribution in [0.5, 0.6) is 11.5 Å². The topological polar surface area (TPSA) is 56.8 Å². The van der Waals surface area contributed by atoms with Crippen LogP contribution in [0.25, 0.3) is 0 Å². The summed E-state index contributed by atoms with van der Waals surface area (Å²) in [6, 6.07) is 14.4. The summed E-state index contributed by atoms with van der Waals surface area (Å²) in [5.41, 5.74) is 1.55. The first-order valence-electron chi connectivity index (χ1n) is 8.97. The highest BCUT2D eigenvalue weighted by Crippen LogP contribution is 2.37. The third-order valence-corrected chi connectivity index (χ3v) is 9.36. The Hall–Kier alpha value is -2.31. The second kappa shape index (κ2) is 8.58. The Balaban J connectivity index is 2.04. The SMILES string of the molecule is COc1cc(NC(=O)Oc2ccccc2)ccc1CO[Si](C)(C)C(C)(C)C. The van der Waals surface area contributed by atoms with E-state index in [1.807, 2.05) is 30.3 Å². The van der Waals surface area contributed by atoms with Crippen molar-refractivity contribution in [2.45, 2.75) is 45.5 Å². The normalized spacial score (nSPS) is 11.8. The minimum Gasteiger partial charge on any atom is -0.496 e. The number of methoxy groups -OCH3 is 1. The van der Waals surface area contributed by atoms with Crippen molar-refractivity contribution in [2.75, 3.05) is 12.4 Å². The molecule has 27 heavy (non-hydrogen) atoms. The van der Waals surface area contributed by atoms with Gasteiger partial charge in [0.05, 0.1) is 13.7 Å². The molecule has 0 atom stereocenters. The number of carbonyl (C=O) groups is 1. The molecule has 0 radical (unpaired) electrons. The van der Waals surface area contributed by atoms with Crippen LogP contribution in [0.3, 0.4) is 0 Å². The molecule has 0 fully saturated rings. The molecule has 0 unspecified atom stereocenters. The van der Waals surface area contributed by atoms with E-state index < -0.39 is 14.4 Å². The van der Waals surface area contributed by atoms with Gasteiger partial charge in [0.1, 0.15) is 11.5 Å². The highest BCUT2D eigenvalue weighted by Gasteiger charge is 2.37. The summed E-state index contributed by atoms with van der Waals surface area (Å²) in [5, 5.41) is 2.86. The first-order chi connectivity index (χ1) is 12.6. The number of carbonyl (C=O) groups excluding carboxylic acids is 1. The van der Waals surface area contributed by atoms with E-state index in [2.05, 4.69) is 39.2 Å². The lowest BCUT2D eigenvalue weighted by Crippen LogP contribution is -2.40. The molecule has 0 aliphatic rings. The van der Waals surface area contributed by atoms with Gasteiger partial charge in [0.15, 0.2) is 8.32 Å². The van der Waals surface area contributed by atoms with Crippen LogP contribution in [-0.2, 0) is 11.0 Å². The maximum absolute atomic E-state index is 12.0. The lowest BCUT2D eigenvalue weighted by Gasteiger charge is -2.36. The molecule has 5 nitrogen and oxygen atoms in total. The Labute approximate surface area is 162 Å². The van der Waals surface area contributed by atoms with Crippen LogP contribution >= 0.6 is 0 Å². The molecular weight excluding hydrogens is 358 g/mol. The maximum Gasteiger partial charge on any atom is 0.417 e. The summed E-state index contributed by atoms with van der Waals surface area (Å²) in [6.45, 7) is 11.5. The summed E-state index contributed by atoms with van der Waals surface area (Å²) in [4.78, 5) is 12.0. The molecule has 0 saturated heterocycles. The molecule has 1 N–H and O–H groups in total. The van der Waals surface area contributed by atoms with Gasteiger partial charge in [0, 0.05) is 17.3 Å². The number of hydrogen-bond acceptors (Lipinski definition) is 4. The van der Waals surface area contributed by atoms with Crippen molar-refractivity contribution in [1.82, 2.24) is 0 Å². The summed E-state index contributed by atoms with van der Waals surface area (Å²) in [6.07, 6.45) is -0.548. The standard InChI is InChI=1S/C21H29NO4Si/c1-21(2,3)27(5,6)25-15-16-12-13-17(14-19(16)24-4)22-20(23)26-18-10-8-7-9-11-18/h7-14H,15H2,1-6H3,(H,22,23). The van der Waals surface area contributed by atoms with Gasteiger partial charge in [-0.1, -0.05) is 45.0 Å². The Bertz CT molecular complexity index is 769. The number of hydrogen-bond donors (Lipinski definition) is 1. The van der Waals surface area contributed by atoms with Gasteiger partial charge in [-0.15, -0.1) is 0 Å². The number of nitrogens with one attached hydrogen (secondary N) is 1. The van der Waals surface area contributed by atoms with E-state index in [9.17, 15) is 4.79 Å². The quantitative estimate of drug-likeness (QED) is 0.634. The number of rotatable bonds is 6. The molecule has 0 aliphatic heterocycles. The number of para-hydroxylation sites is 1. The second-order valence-corrected chi connectivity index (χ2v) is 12.7. The minimum absolute atomic E-state index is 0.142. The van der Waals surface area contributed by atoms with Crippen molar-refractivity contribution in [3.05, 3.63) is 54.1 Å². The molecule has 0 heterocycles. The van der Waals surface area contributed by atoms with Crippen LogP contribution < -0.4 is 14.8 Å². The predicted octanol–water partition coefficient (Wildman–Crippen LogP) is 5.83. The van der Waals surface area contributed by atoms with Crippen molar-refractivity contribution in [2.24, 2.45) is 0 Å². The van der Waals surface area contributed by atoms with Crippen molar-refractivity contribution >= 4 is 20.1 Å². The van der Waals surface area contributed by atoms with Gasteiger partial charge in [0.2, 0.25) is 0 Å². The Morgan fingerprint density at radius 1 is 1.07 bits per heavy atom. The van der Waals surface area contributed by atoms with E-state index in [1.54, 1.807) is 25.3 Å². The van der Waals surface area contributed by atoms with Gasteiger partial charge in [0.25, 0.3) is 0 Å². The lowest BCUT2D eigenvalue weighted by atomic mass is 10.2. The molecule has 0 spiro atoms. The molecule has 0 saturated carbocycles. The number of ether oxygens (including phenoxy) is 2. The summed E-state index contributed by atoms with van der Waals surface area (Å²) >= 11 is 0. The zero-order chi connectivity index (χ0) is 20.1. The summed E-state index contributed by atoms with van der Waals surface area (Å²) in [5.74, 6) is 1.16. The van der Waals surface area contributed by atoms with Gasteiger partial charge in [-0.25, -0.2) is 4.79 Å². The Morgan fingerprint density at radius 3 is 2.33 bits per heavy atom. The molecule has 2 aromatic carbocycles. The molecule has 0 aliphatic carbocycles. The van der Waals surface area contributed by atoms with Crippen molar-refractivity contribution < 1.29 is 18.7 Å². The van der Waals surface area contributed by atoms with Crippen LogP contribution in [0.2, 0.25) is 18.1 Å². The average Bonchev–Trinajstić information content (AvgIpc) is 2.60. The zero-order valence-electron chi connectivity index (χ0n) is 17.0. The fraction of sp³-hybridized carbons (Fsp3) is 0.381. The van der Waals surface area contributed by atoms with Crippen molar-refractivity contribution in [3.63, 3.8) is 0 Å². The molecule has 0 aromatic heterocycles. The largest absolute Gasteiger partial charge is 0.496 e. The molecule has 2 rings (SSSR count). The molecule has 0 bridgehead atoms. The highest BCUT2D eigenvalue weighted by molar-refractivity contribution is 6.74. The third-order valence-electron chi connectivity index (χ3n) is 4.88. The third kappa shape index (κ3) is 5.84. The Kier molecular flexibility index (Phi) is 6.67. The number of anilines is 1. The van der Waals surface area contributed by atoms with E-state index in [4.69, 9.17) is 13.9 Å². The van der Waals surface area contributed by atoms with Gasteiger partial charge in [-0.3, -0.25) is 5.32 Å². The van der Waals surface area contributed by atoms with E-state index in [0.29, 0.717) is 23.8 Å². The van der Waals surface area contributed by atoms with Crippen LogP contribution in [0.1, 0.15) is 26.3 Å². The number of benzene rings is 2. The fourth-order valence-electron chi connectivity index (χ4n) is 2.16. The van der Waals surface area contributed by atoms with Crippen LogP contribution in [0, 0.1) is 0 Å². The van der Waals surface area contributed by atoms with Crippen molar-refractivity contribution in [3.8, 4) is 11.5 Å². The van der Waals surface area contributed by atoms with Gasteiger partial charge >= 0.3 is 6.09 Å². The second-order valence-electron chi connectivity index (χ2n) is 7.90. The molecule has 2 aromatic rings. The molecule has 6 heteroatoms. The van der Waals surface area contributed by atoms with E-state index >= 15 is 0 Å². The summed E-state index contributed by atoms with van der Waals surface area (Å²) < 4.78 is 17.0. The molecular formula is C21H29NO4Si. The Morgan fingerprint density at radius 2 is 1.74 bits per heavy atom. The monoisotopic (exact) mass is 387 g/mol. The minimum atomic E-state index is -1.85. The van der Waals surface area contributed by atoms with Crippen LogP contribution in [-0.4, -0.2) is 21.5 Å². The van der Waals surface area contributed by atoms with E-state index in [-0.39, 0.29) is 5.04 Å².